The molecule has 1 aromatic heterocycles. The quantitative estimate of drug-likeness (QED) is 0.799. The number of hydrogen-bond acceptors (Lipinski definition) is 2. The van der Waals surface area contributed by atoms with Crippen molar-refractivity contribution in [1.82, 2.24) is 4.98 Å². The van der Waals surface area contributed by atoms with Crippen LogP contribution in [0.5, 0.6) is 5.75 Å². The third-order valence-corrected chi connectivity index (χ3v) is 2.97. The minimum Gasteiger partial charge on any atom is -0.493 e. The van der Waals surface area contributed by atoms with Crippen LogP contribution in [0.15, 0.2) is 30.5 Å². The molecule has 0 saturated heterocycles. The molecule has 0 saturated carbocycles. The number of aryl methyl sites for hydroxylation is 1. The molecule has 0 aliphatic heterocycles. The molecular formula is C16H21NO. The van der Waals surface area contributed by atoms with Crippen molar-refractivity contribution >= 4 is 10.9 Å². The van der Waals surface area contributed by atoms with E-state index in [1.165, 1.54) is 5.56 Å². The summed E-state index contributed by atoms with van der Waals surface area (Å²) < 4.78 is 5.90. The molecule has 1 heterocycles. The second-order valence-electron chi connectivity index (χ2n) is 5.99. The molecule has 0 amide bonds. The third-order valence-electron chi connectivity index (χ3n) is 2.97. The summed E-state index contributed by atoms with van der Waals surface area (Å²) >= 11 is 0. The maximum absolute atomic E-state index is 5.90. The molecule has 2 heteroatoms. The number of aromatic nitrogens is 1. The molecule has 0 radical (unpaired) electrons. The first-order chi connectivity index (χ1) is 8.46. The normalized spacial score (nSPS) is 11.8. The average molecular weight is 243 g/mol. The number of hydrogen-bond donors (Lipinski definition) is 0. The SMILES string of the molecule is Cc1ccc2c(OCCC(C)(C)C)ccnc2c1. The fraction of sp³-hybridized carbons (Fsp3) is 0.438. The second kappa shape index (κ2) is 4.97. The molecule has 1 aromatic carbocycles. The van der Waals surface area contributed by atoms with Crippen molar-refractivity contribution in [2.45, 2.75) is 34.1 Å². The highest BCUT2D eigenvalue weighted by atomic mass is 16.5. The summed E-state index contributed by atoms with van der Waals surface area (Å²) in [4.78, 5) is 4.38. The second-order valence-corrected chi connectivity index (χ2v) is 5.99. The fourth-order valence-corrected chi connectivity index (χ4v) is 1.82. The van der Waals surface area contributed by atoms with E-state index >= 15 is 0 Å². The molecule has 0 unspecified atom stereocenters. The van der Waals surface area contributed by atoms with Crippen molar-refractivity contribution in [3.8, 4) is 5.75 Å². The highest BCUT2D eigenvalue weighted by Gasteiger charge is 2.10. The summed E-state index contributed by atoms with van der Waals surface area (Å²) in [6.45, 7) is 9.50. The van der Waals surface area contributed by atoms with Gasteiger partial charge in [-0.3, -0.25) is 4.98 Å². The van der Waals surface area contributed by atoms with Gasteiger partial charge in [-0.05, 0) is 42.5 Å². The van der Waals surface area contributed by atoms with E-state index in [0.29, 0.717) is 5.41 Å². The van der Waals surface area contributed by atoms with Crippen molar-refractivity contribution in [3.05, 3.63) is 36.0 Å². The monoisotopic (exact) mass is 243 g/mol. The van der Waals surface area contributed by atoms with Gasteiger partial charge in [0.05, 0.1) is 12.1 Å². The summed E-state index contributed by atoms with van der Waals surface area (Å²) in [7, 11) is 0. The Labute approximate surface area is 109 Å². The molecule has 96 valence electrons. The van der Waals surface area contributed by atoms with E-state index in [2.05, 4.69) is 50.9 Å². The number of rotatable bonds is 3. The van der Waals surface area contributed by atoms with Gasteiger partial charge < -0.3 is 4.74 Å². The van der Waals surface area contributed by atoms with Gasteiger partial charge in [0.15, 0.2) is 0 Å². The first kappa shape index (κ1) is 12.9. The third kappa shape index (κ3) is 3.22. The number of nitrogens with zero attached hydrogens (tertiary/aromatic N) is 1. The number of fused-ring (bicyclic) bond motifs is 1. The van der Waals surface area contributed by atoms with Crippen LogP contribution in [0.25, 0.3) is 10.9 Å². The molecule has 0 aliphatic carbocycles. The Hall–Kier alpha value is -1.57. The van der Waals surface area contributed by atoms with Crippen LogP contribution in [0.3, 0.4) is 0 Å². The van der Waals surface area contributed by atoms with Crippen LogP contribution in [-0.2, 0) is 0 Å². The molecule has 2 rings (SSSR count). The van der Waals surface area contributed by atoms with Crippen molar-refractivity contribution in [2.24, 2.45) is 5.41 Å². The zero-order chi connectivity index (χ0) is 13.2. The van der Waals surface area contributed by atoms with Crippen molar-refractivity contribution in [2.75, 3.05) is 6.61 Å². The topological polar surface area (TPSA) is 22.1 Å². The molecule has 2 nitrogen and oxygen atoms in total. The maximum atomic E-state index is 5.90. The Kier molecular flexibility index (Phi) is 3.55. The fourth-order valence-electron chi connectivity index (χ4n) is 1.82. The summed E-state index contributed by atoms with van der Waals surface area (Å²) in [5, 5.41) is 1.09. The molecule has 0 aliphatic rings. The molecular weight excluding hydrogens is 222 g/mol. The minimum absolute atomic E-state index is 0.305. The standard InChI is InChI=1S/C16H21NO/c1-12-5-6-13-14(11-12)17-9-7-15(13)18-10-8-16(2,3)4/h5-7,9,11H,8,10H2,1-4H3. The summed E-state index contributed by atoms with van der Waals surface area (Å²) in [5.74, 6) is 0.934. The zero-order valence-corrected chi connectivity index (χ0v) is 11.7. The lowest BCUT2D eigenvalue weighted by Crippen LogP contribution is -2.11. The smallest absolute Gasteiger partial charge is 0.130 e. The van der Waals surface area contributed by atoms with Crippen molar-refractivity contribution in [3.63, 3.8) is 0 Å². The minimum atomic E-state index is 0.305. The van der Waals surface area contributed by atoms with E-state index in [4.69, 9.17) is 4.74 Å². The van der Waals surface area contributed by atoms with Crippen LogP contribution in [0.1, 0.15) is 32.8 Å². The lowest BCUT2D eigenvalue weighted by molar-refractivity contribution is 0.245. The lowest BCUT2D eigenvalue weighted by atomic mass is 9.93. The van der Waals surface area contributed by atoms with Crippen molar-refractivity contribution < 1.29 is 4.74 Å². The van der Waals surface area contributed by atoms with Gasteiger partial charge in [-0.25, -0.2) is 0 Å². The van der Waals surface area contributed by atoms with E-state index in [9.17, 15) is 0 Å². The molecule has 0 N–H and O–H groups in total. The zero-order valence-electron chi connectivity index (χ0n) is 11.7. The first-order valence-electron chi connectivity index (χ1n) is 6.44. The molecule has 2 aromatic rings. The van der Waals surface area contributed by atoms with Gasteiger partial charge in [-0.2, -0.15) is 0 Å². The van der Waals surface area contributed by atoms with E-state index < -0.39 is 0 Å². The van der Waals surface area contributed by atoms with Gasteiger partial charge in [0.2, 0.25) is 0 Å². The van der Waals surface area contributed by atoms with E-state index in [1.807, 2.05) is 12.3 Å². The summed E-state index contributed by atoms with van der Waals surface area (Å²) in [6.07, 6.45) is 2.86. The van der Waals surface area contributed by atoms with Crippen LogP contribution in [0.2, 0.25) is 0 Å². The van der Waals surface area contributed by atoms with Crippen LogP contribution in [0.4, 0.5) is 0 Å². The first-order valence-corrected chi connectivity index (χ1v) is 6.44. The molecule has 0 atom stereocenters. The molecule has 0 spiro atoms. The largest absolute Gasteiger partial charge is 0.493 e. The highest BCUT2D eigenvalue weighted by Crippen LogP contribution is 2.26. The van der Waals surface area contributed by atoms with Crippen LogP contribution >= 0.6 is 0 Å². The van der Waals surface area contributed by atoms with Gasteiger partial charge in [-0.15, -0.1) is 0 Å². The summed E-state index contributed by atoms with van der Waals surface area (Å²) in [5.41, 5.74) is 2.53. The van der Waals surface area contributed by atoms with E-state index in [0.717, 1.165) is 29.7 Å². The predicted octanol–water partition coefficient (Wildman–Crippen LogP) is 4.36. The Morgan fingerprint density at radius 3 is 2.67 bits per heavy atom. The number of ether oxygens (including phenoxy) is 1. The molecule has 0 bridgehead atoms. The average Bonchev–Trinajstić information content (AvgIpc) is 2.27. The highest BCUT2D eigenvalue weighted by molar-refractivity contribution is 5.85. The Morgan fingerprint density at radius 1 is 1.17 bits per heavy atom. The van der Waals surface area contributed by atoms with Gasteiger partial charge in [0.25, 0.3) is 0 Å². The van der Waals surface area contributed by atoms with Gasteiger partial charge in [-0.1, -0.05) is 26.8 Å². The van der Waals surface area contributed by atoms with Gasteiger partial charge in [0, 0.05) is 11.6 Å². The van der Waals surface area contributed by atoms with Gasteiger partial charge >= 0.3 is 0 Å². The van der Waals surface area contributed by atoms with Crippen LogP contribution in [-0.4, -0.2) is 11.6 Å². The molecule has 0 fully saturated rings. The predicted molar refractivity (Wildman–Crippen MR) is 76.0 cm³/mol. The van der Waals surface area contributed by atoms with Crippen LogP contribution in [0, 0.1) is 12.3 Å². The molecule has 18 heavy (non-hydrogen) atoms. The Bertz CT molecular complexity index is 540. The number of benzene rings is 1. The Morgan fingerprint density at radius 2 is 1.94 bits per heavy atom. The Balaban J connectivity index is 2.18. The maximum Gasteiger partial charge on any atom is 0.130 e. The number of pyridine rings is 1. The van der Waals surface area contributed by atoms with E-state index in [1.54, 1.807) is 0 Å². The van der Waals surface area contributed by atoms with E-state index in [-0.39, 0.29) is 0 Å². The van der Waals surface area contributed by atoms with Crippen molar-refractivity contribution in [1.29, 1.82) is 0 Å². The van der Waals surface area contributed by atoms with Gasteiger partial charge in [0.1, 0.15) is 5.75 Å². The lowest BCUT2D eigenvalue weighted by Gasteiger charge is -2.18. The van der Waals surface area contributed by atoms with Crippen LogP contribution < -0.4 is 4.74 Å². The summed E-state index contributed by atoms with van der Waals surface area (Å²) in [6, 6.07) is 8.22.